The molecule has 0 spiro atoms. The number of aromatic hydroxyl groups is 1. The Morgan fingerprint density at radius 2 is 1.43 bits per heavy atom. The van der Waals surface area contributed by atoms with Crippen LogP contribution >= 0.6 is 0 Å². The Kier molecular flexibility index (Phi) is 8.29. The van der Waals surface area contributed by atoms with Gasteiger partial charge in [-0.15, -0.1) is 29.7 Å². The first-order chi connectivity index (χ1) is 21.9. The van der Waals surface area contributed by atoms with Crippen molar-refractivity contribution in [3.8, 4) is 45.5 Å². The normalized spacial score (nSPS) is 14.6. The van der Waals surface area contributed by atoms with E-state index in [9.17, 15) is 5.11 Å². The third kappa shape index (κ3) is 5.06. The van der Waals surface area contributed by atoms with E-state index in [4.69, 9.17) is 9.97 Å². The van der Waals surface area contributed by atoms with Gasteiger partial charge in [0.2, 0.25) is 0 Å². The number of imidazole rings is 1. The first-order valence-electron chi connectivity index (χ1n) is 16.2. The average molecular weight is 801 g/mol. The molecule has 3 aromatic carbocycles. The van der Waals surface area contributed by atoms with Crippen molar-refractivity contribution in [2.75, 3.05) is 0 Å². The smallest absolute Gasteiger partial charge is 0.125 e. The molecule has 0 fully saturated rings. The van der Waals surface area contributed by atoms with Gasteiger partial charge in [0, 0.05) is 44.4 Å². The van der Waals surface area contributed by atoms with Crippen LogP contribution in [0.4, 0.5) is 0 Å². The predicted molar refractivity (Wildman–Crippen MR) is 188 cm³/mol. The van der Waals surface area contributed by atoms with Gasteiger partial charge in [0.25, 0.3) is 0 Å². The zero-order valence-electron chi connectivity index (χ0n) is 28.3. The molecule has 6 aromatic rings. The summed E-state index contributed by atoms with van der Waals surface area (Å²) in [7, 11) is 0. The molecule has 0 saturated heterocycles. The number of pyridine rings is 2. The molecule has 0 saturated carbocycles. The number of rotatable bonds is 5. The molecule has 0 amide bonds. The van der Waals surface area contributed by atoms with E-state index in [0.29, 0.717) is 11.8 Å². The Bertz CT molecular complexity index is 2110. The first-order valence-corrected chi connectivity index (χ1v) is 16.2. The molecule has 6 heteroatoms. The summed E-state index contributed by atoms with van der Waals surface area (Å²) >= 11 is 0. The van der Waals surface area contributed by atoms with Crippen LogP contribution in [0.5, 0.6) is 5.75 Å². The predicted octanol–water partition coefficient (Wildman–Crippen LogP) is 10.1. The Morgan fingerprint density at radius 3 is 2.13 bits per heavy atom. The third-order valence-corrected chi connectivity index (χ3v) is 10.4. The number of phenolic OH excluding ortho intramolecular Hbond substituents is 1. The van der Waals surface area contributed by atoms with E-state index in [0.717, 1.165) is 61.8 Å². The largest absolute Gasteiger partial charge is 0.507 e. The van der Waals surface area contributed by atoms with E-state index in [2.05, 4.69) is 114 Å². The van der Waals surface area contributed by atoms with Gasteiger partial charge < -0.3 is 14.7 Å². The molecule has 1 N–H and O–H groups in total. The summed E-state index contributed by atoms with van der Waals surface area (Å²) in [5.41, 5.74) is 10.5. The molecular weight excluding hydrogens is 760 g/mol. The first kappa shape index (κ1) is 32.8. The van der Waals surface area contributed by atoms with Crippen molar-refractivity contribution in [3.63, 3.8) is 0 Å². The summed E-state index contributed by atoms with van der Waals surface area (Å²) in [4.78, 5) is 15.3. The van der Waals surface area contributed by atoms with Crippen molar-refractivity contribution in [2.24, 2.45) is 0 Å². The minimum absolute atomic E-state index is 0. The number of phenols is 1. The van der Waals surface area contributed by atoms with E-state index < -0.39 is 0 Å². The molecule has 5 nitrogen and oxygen atoms in total. The van der Waals surface area contributed by atoms with E-state index in [-0.39, 0.29) is 37.6 Å². The van der Waals surface area contributed by atoms with Crippen LogP contribution < -0.4 is 0 Å². The van der Waals surface area contributed by atoms with Crippen molar-refractivity contribution in [3.05, 3.63) is 114 Å². The maximum Gasteiger partial charge on any atom is 0.125 e. The second-order valence-electron chi connectivity index (χ2n) is 14.2. The number of para-hydroxylation sites is 1. The average Bonchev–Trinajstić information content (AvgIpc) is 3.48. The Hall–Kier alpha value is -4.08. The standard InChI is InChI=1S/C41H41N4O.Pt/c1-24(2)26-14-11-15-27(25(3)4)38(26)45-23-34(44-39(45)29-21-22-42-32-17-10-9-13-28(29)32)33-20-19-31-37(43-33)36-30(16-12-18-35(36)46)40(5,6)41(31,7)8;/h9-12,14-25,46H,1-8H3;/q-1;. The summed E-state index contributed by atoms with van der Waals surface area (Å²) in [6.07, 6.45) is 3.98. The number of nitrogens with zero attached hydrogens (tertiary/aromatic N) is 4. The number of hydrogen-bond acceptors (Lipinski definition) is 4. The molecule has 3 aromatic heterocycles. The minimum Gasteiger partial charge on any atom is -0.507 e. The maximum atomic E-state index is 11.2. The topological polar surface area (TPSA) is 63.8 Å². The van der Waals surface area contributed by atoms with Crippen LogP contribution in [0.25, 0.3) is 50.6 Å². The van der Waals surface area contributed by atoms with Gasteiger partial charge in [-0.1, -0.05) is 103 Å². The van der Waals surface area contributed by atoms with Gasteiger partial charge in [0.15, 0.2) is 0 Å². The van der Waals surface area contributed by atoms with Crippen LogP contribution in [-0.2, 0) is 31.9 Å². The molecule has 7 rings (SSSR count). The summed E-state index contributed by atoms with van der Waals surface area (Å²) in [5, 5.41) is 12.1. The number of benzene rings is 3. The summed E-state index contributed by atoms with van der Waals surface area (Å²) in [6, 6.07) is 28.1. The molecule has 0 radical (unpaired) electrons. The third-order valence-electron chi connectivity index (χ3n) is 10.4. The minimum atomic E-state index is -0.215. The maximum absolute atomic E-state index is 11.2. The second kappa shape index (κ2) is 11.9. The number of aromatic nitrogens is 4. The van der Waals surface area contributed by atoms with Gasteiger partial charge in [-0.05, 0) is 57.2 Å². The molecule has 0 atom stereocenters. The molecule has 0 aliphatic heterocycles. The Labute approximate surface area is 292 Å². The molecular formula is C41H41N4OPt-. The molecule has 242 valence electrons. The van der Waals surface area contributed by atoms with Gasteiger partial charge in [0.1, 0.15) is 17.3 Å². The van der Waals surface area contributed by atoms with Crippen LogP contribution in [0.2, 0.25) is 0 Å². The fourth-order valence-electron chi connectivity index (χ4n) is 7.15. The van der Waals surface area contributed by atoms with Crippen molar-refractivity contribution in [1.29, 1.82) is 0 Å². The van der Waals surface area contributed by atoms with Gasteiger partial charge in [0.05, 0.1) is 17.1 Å². The van der Waals surface area contributed by atoms with Gasteiger partial charge in [-0.25, -0.2) is 9.97 Å². The van der Waals surface area contributed by atoms with Crippen molar-refractivity contribution >= 4 is 10.9 Å². The summed E-state index contributed by atoms with van der Waals surface area (Å²) in [5.74, 6) is 1.69. The molecule has 0 bridgehead atoms. The number of hydrogen-bond donors (Lipinski definition) is 1. The molecule has 1 aliphatic rings. The summed E-state index contributed by atoms with van der Waals surface area (Å²) in [6.45, 7) is 18.0. The second-order valence-corrected chi connectivity index (χ2v) is 14.2. The van der Waals surface area contributed by atoms with E-state index in [1.807, 2.05) is 36.5 Å². The Morgan fingerprint density at radius 1 is 0.745 bits per heavy atom. The van der Waals surface area contributed by atoms with Crippen molar-refractivity contribution in [1.82, 2.24) is 19.5 Å². The molecule has 3 heterocycles. The number of fused-ring (bicyclic) bond motifs is 4. The van der Waals surface area contributed by atoms with Gasteiger partial charge in [-0.3, -0.25) is 0 Å². The van der Waals surface area contributed by atoms with Crippen LogP contribution in [0.3, 0.4) is 0 Å². The van der Waals surface area contributed by atoms with Gasteiger partial charge in [-0.2, -0.15) is 0 Å². The molecule has 47 heavy (non-hydrogen) atoms. The quantitative estimate of drug-likeness (QED) is 0.177. The zero-order chi connectivity index (χ0) is 32.5. The summed E-state index contributed by atoms with van der Waals surface area (Å²) < 4.78 is 2.26. The molecule has 1 aliphatic carbocycles. The fourth-order valence-corrected chi connectivity index (χ4v) is 7.15. The monoisotopic (exact) mass is 800 g/mol. The molecule has 0 unspecified atom stereocenters. The van der Waals surface area contributed by atoms with E-state index in [1.165, 1.54) is 11.1 Å². The van der Waals surface area contributed by atoms with E-state index >= 15 is 0 Å². The zero-order valence-corrected chi connectivity index (χ0v) is 30.6. The van der Waals surface area contributed by atoms with Crippen LogP contribution in [0.15, 0.2) is 85.2 Å². The van der Waals surface area contributed by atoms with Gasteiger partial charge >= 0.3 is 0 Å². The van der Waals surface area contributed by atoms with Crippen LogP contribution in [0, 0.1) is 6.07 Å². The fraction of sp³-hybridized carbons (Fsp3) is 0.293. The Balaban J connectivity index is 0.00000386. The van der Waals surface area contributed by atoms with Crippen molar-refractivity contribution in [2.45, 2.75) is 78.1 Å². The van der Waals surface area contributed by atoms with E-state index in [1.54, 1.807) is 6.07 Å². The SMILES string of the molecule is CC(C)c1cccc(C(C)C)c1-n1cc(-c2ccc3c(n2)-c2c(O)cccc2C(C)(C)C3(C)C)nc1-c1ccnc2ccc[c-]c12.[Pt]. The van der Waals surface area contributed by atoms with Crippen LogP contribution in [0.1, 0.15) is 89.5 Å². The van der Waals surface area contributed by atoms with Crippen LogP contribution in [-0.4, -0.2) is 24.6 Å². The van der Waals surface area contributed by atoms with Crippen molar-refractivity contribution < 1.29 is 26.2 Å².